The molecule has 0 unspecified atom stereocenters. The van der Waals surface area contributed by atoms with Gasteiger partial charge in [0.25, 0.3) is 0 Å². The van der Waals surface area contributed by atoms with Gasteiger partial charge in [-0.05, 0) is 24.3 Å². The Balaban J connectivity index is 1.55. The van der Waals surface area contributed by atoms with Gasteiger partial charge in [-0.15, -0.1) is 0 Å². The largest absolute Gasteiger partial charge is 0.464 e. The SMILES string of the molecule is CC(=O)N[C@@H]1[C@H](Oc2ccccc2Cl)O[C@@H]2CO[C@H](c3ccco3)O[C@@H]2[C@@H]1O. The van der Waals surface area contributed by atoms with Gasteiger partial charge >= 0.3 is 0 Å². The van der Waals surface area contributed by atoms with Crippen molar-refractivity contribution in [1.29, 1.82) is 0 Å². The molecule has 0 saturated carbocycles. The normalized spacial score (nSPS) is 32.4. The molecule has 0 radical (unpaired) electrons. The highest BCUT2D eigenvalue weighted by Crippen LogP contribution is 2.35. The second kappa shape index (κ2) is 8.10. The Bertz CT molecular complexity index is 814. The highest BCUT2D eigenvalue weighted by atomic mass is 35.5. The third kappa shape index (κ3) is 3.87. The molecule has 28 heavy (non-hydrogen) atoms. The minimum atomic E-state index is -1.10. The predicted molar refractivity (Wildman–Crippen MR) is 96.6 cm³/mol. The highest BCUT2D eigenvalue weighted by Gasteiger charge is 2.51. The summed E-state index contributed by atoms with van der Waals surface area (Å²) in [6.45, 7) is 1.50. The van der Waals surface area contributed by atoms with Gasteiger partial charge in [0.15, 0.2) is 5.76 Å². The van der Waals surface area contributed by atoms with Gasteiger partial charge in [0.05, 0.1) is 17.9 Å². The average Bonchev–Trinajstić information content (AvgIpc) is 3.21. The first kappa shape index (κ1) is 19.2. The van der Waals surface area contributed by atoms with Gasteiger partial charge in [0, 0.05) is 6.92 Å². The molecule has 3 heterocycles. The number of carbonyl (C=O) groups is 1. The Morgan fingerprint density at radius 2 is 2.07 bits per heavy atom. The quantitative estimate of drug-likeness (QED) is 0.796. The van der Waals surface area contributed by atoms with Crippen LogP contribution in [-0.4, -0.2) is 48.3 Å². The molecule has 1 aromatic heterocycles. The summed E-state index contributed by atoms with van der Waals surface area (Å²) in [4.78, 5) is 11.7. The third-order valence-corrected chi connectivity index (χ3v) is 4.90. The van der Waals surface area contributed by atoms with E-state index in [4.69, 9.17) is 35.0 Å². The summed E-state index contributed by atoms with van der Waals surface area (Å²) in [5.74, 6) is 0.519. The van der Waals surface area contributed by atoms with Crippen molar-refractivity contribution in [3.8, 4) is 5.75 Å². The zero-order chi connectivity index (χ0) is 19.7. The summed E-state index contributed by atoms with van der Waals surface area (Å²) in [5, 5.41) is 14.0. The van der Waals surface area contributed by atoms with E-state index >= 15 is 0 Å². The second-order valence-electron chi connectivity index (χ2n) is 6.59. The molecule has 8 nitrogen and oxygen atoms in total. The van der Waals surface area contributed by atoms with Crippen LogP contribution in [0.3, 0.4) is 0 Å². The third-order valence-electron chi connectivity index (χ3n) is 4.59. The van der Waals surface area contributed by atoms with E-state index in [1.165, 1.54) is 13.2 Å². The molecule has 0 spiro atoms. The van der Waals surface area contributed by atoms with Crippen molar-refractivity contribution in [3.05, 3.63) is 53.4 Å². The number of rotatable bonds is 4. The number of fused-ring (bicyclic) bond motifs is 1. The van der Waals surface area contributed by atoms with Crippen molar-refractivity contribution < 1.29 is 33.3 Å². The van der Waals surface area contributed by atoms with Gasteiger partial charge in [-0.1, -0.05) is 23.7 Å². The van der Waals surface area contributed by atoms with Crippen LogP contribution >= 0.6 is 11.6 Å². The van der Waals surface area contributed by atoms with Gasteiger partial charge in [-0.3, -0.25) is 4.79 Å². The number of benzene rings is 1. The fourth-order valence-electron chi connectivity index (χ4n) is 3.32. The fraction of sp³-hybridized carbons (Fsp3) is 0.421. The summed E-state index contributed by atoms with van der Waals surface area (Å²) < 4.78 is 28.6. The minimum absolute atomic E-state index is 0.155. The van der Waals surface area contributed by atoms with Crippen LogP contribution < -0.4 is 10.1 Å². The van der Waals surface area contributed by atoms with Crippen LogP contribution in [0.4, 0.5) is 0 Å². The molecule has 2 aliphatic rings. The molecule has 150 valence electrons. The average molecular weight is 410 g/mol. The number of aliphatic hydroxyl groups excluding tert-OH is 1. The molecular formula is C19H20ClNO7. The number of halogens is 1. The zero-order valence-corrected chi connectivity index (χ0v) is 15.7. The Hall–Kier alpha value is -2.10. The zero-order valence-electron chi connectivity index (χ0n) is 15.0. The van der Waals surface area contributed by atoms with Crippen molar-refractivity contribution in [3.63, 3.8) is 0 Å². The van der Waals surface area contributed by atoms with E-state index in [2.05, 4.69) is 5.32 Å². The molecule has 0 aliphatic carbocycles. The first-order valence-corrected chi connectivity index (χ1v) is 9.23. The maximum atomic E-state index is 11.7. The molecule has 6 atom stereocenters. The van der Waals surface area contributed by atoms with Crippen LogP contribution in [0.15, 0.2) is 47.1 Å². The molecule has 2 aromatic rings. The number of carbonyl (C=O) groups excluding carboxylic acids is 1. The standard InChI is InChI=1S/C19H20ClNO7/c1-10(22)21-15-16(23)17-14(9-25-18(28-17)13-7-4-8-24-13)27-19(15)26-12-6-3-2-5-11(12)20/h2-8,14-19,23H,9H2,1H3,(H,21,22)/t14-,15+,16-,17+,18+,19-/m1/s1. The molecule has 1 aromatic carbocycles. The smallest absolute Gasteiger partial charge is 0.223 e. The highest BCUT2D eigenvalue weighted by molar-refractivity contribution is 6.32. The monoisotopic (exact) mass is 409 g/mol. The van der Waals surface area contributed by atoms with E-state index in [1.807, 2.05) is 0 Å². The summed E-state index contributed by atoms with van der Waals surface area (Å²) in [7, 11) is 0. The van der Waals surface area contributed by atoms with Gasteiger partial charge in [-0.25, -0.2) is 0 Å². The van der Waals surface area contributed by atoms with Crippen molar-refractivity contribution >= 4 is 17.5 Å². The second-order valence-corrected chi connectivity index (χ2v) is 7.00. The van der Waals surface area contributed by atoms with Crippen LogP contribution in [0.2, 0.25) is 5.02 Å². The number of furan rings is 1. The van der Waals surface area contributed by atoms with Crippen molar-refractivity contribution in [2.24, 2.45) is 0 Å². The summed E-state index contributed by atoms with van der Waals surface area (Å²) in [5.41, 5.74) is 0. The van der Waals surface area contributed by atoms with E-state index in [1.54, 1.807) is 36.4 Å². The summed E-state index contributed by atoms with van der Waals surface area (Å²) >= 11 is 6.16. The molecule has 2 fully saturated rings. The summed E-state index contributed by atoms with van der Waals surface area (Å²) in [6, 6.07) is 9.45. The van der Waals surface area contributed by atoms with Crippen LogP contribution in [0.5, 0.6) is 5.75 Å². The van der Waals surface area contributed by atoms with Crippen LogP contribution in [-0.2, 0) is 19.0 Å². The molecule has 4 rings (SSSR count). The van der Waals surface area contributed by atoms with E-state index < -0.39 is 36.9 Å². The Morgan fingerprint density at radius 3 is 2.79 bits per heavy atom. The van der Waals surface area contributed by atoms with Gasteiger partial charge in [0.1, 0.15) is 30.1 Å². The van der Waals surface area contributed by atoms with E-state index in [0.29, 0.717) is 16.5 Å². The van der Waals surface area contributed by atoms with Crippen LogP contribution in [0.25, 0.3) is 0 Å². The molecular weight excluding hydrogens is 390 g/mol. The first-order valence-electron chi connectivity index (χ1n) is 8.85. The number of aliphatic hydroxyl groups is 1. The number of nitrogens with one attached hydrogen (secondary N) is 1. The predicted octanol–water partition coefficient (Wildman–Crippen LogP) is 2.02. The Labute approximate surface area is 166 Å². The van der Waals surface area contributed by atoms with E-state index in [-0.39, 0.29) is 12.5 Å². The Morgan fingerprint density at radius 1 is 1.25 bits per heavy atom. The molecule has 0 bridgehead atoms. The number of amides is 1. The maximum absolute atomic E-state index is 11.7. The molecule has 2 N–H and O–H groups in total. The lowest BCUT2D eigenvalue weighted by molar-refractivity contribution is -0.336. The first-order chi connectivity index (χ1) is 13.5. The van der Waals surface area contributed by atoms with Crippen molar-refractivity contribution in [1.82, 2.24) is 5.32 Å². The van der Waals surface area contributed by atoms with Crippen LogP contribution in [0, 0.1) is 0 Å². The number of hydrogen-bond acceptors (Lipinski definition) is 7. The summed E-state index contributed by atoms with van der Waals surface area (Å²) in [6.07, 6.45) is -2.68. The molecule has 1 amide bonds. The maximum Gasteiger partial charge on any atom is 0.223 e. The van der Waals surface area contributed by atoms with E-state index in [0.717, 1.165) is 0 Å². The molecule has 9 heteroatoms. The van der Waals surface area contributed by atoms with Gasteiger partial charge in [-0.2, -0.15) is 0 Å². The minimum Gasteiger partial charge on any atom is -0.464 e. The Kier molecular flexibility index (Phi) is 5.56. The van der Waals surface area contributed by atoms with Gasteiger partial charge in [0.2, 0.25) is 18.5 Å². The van der Waals surface area contributed by atoms with Crippen LogP contribution in [0.1, 0.15) is 19.0 Å². The lowest BCUT2D eigenvalue weighted by Crippen LogP contribution is -2.67. The van der Waals surface area contributed by atoms with Gasteiger partial charge < -0.3 is 33.8 Å². The number of ether oxygens (including phenoxy) is 4. The van der Waals surface area contributed by atoms with Crippen molar-refractivity contribution in [2.45, 2.75) is 43.9 Å². The number of para-hydroxylation sites is 1. The van der Waals surface area contributed by atoms with E-state index in [9.17, 15) is 9.90 Å². The molecule has 2 aliphatic heterocycles. The molecule has 2 saturated heterocycles. The topological polar surface area (TPSA) is 99.4 Å². The fourth-order valence-corrected chi connectivity index (χ4v) is 3.50. The van der Waals surface area contributed by atoms with Crippen molar-refractivity contribution in [2.75, 3.05) is 6.61 Å². The lowest BCUT2D eigenvalue weighted by atomic mass is 9.96. The lowest BCUT2D eigenvalue weighted by Gasteiger charge is -2.47. The number of hydrogen-bond donors (Lipinski definition) is 2.